The van der Waals surface area contributed by atoms with Gasteiger partial charge in [0.25, 0.3) is 0 Å². The van der Waals surface area contributed by atoms with E-state index in [2.05, 4.69) is 10.3 Å². The molecule has 1 amide bonds. The van der Waals surface area contributed by atoms with Crippen LogP contribution in [0, 0.1) is 6.92 Å². The highest BCUT2D eigenvalue weighted by Crippen LogP contribution is 2.21. The SMILES string of the molecule is Cc1nc(CC(=O)NC(C)(C(=O)O)c2ccccc2)cs1. The smallest absolute Gasteiger partial charge is 0.333 e. The van der Waals surface area contributed by atoms with Crippen molar-refractivity contribution >= 4 is 23.2 Å². The van der Waals surface area contributed by atoms with Gasteiger partial charge in [0.05, 0.1) is 17.1 Å². The summed E-state index contributed by atoms with van der Waals surface area (Å²) in [6, 6.07) is 8.65. The average Bonchev–Trinajstić information content (AvgIpc) is 2.84. The largest absolute Gasteiger partial charge is 0.479 e. The van der Waals surface area contributed by atoms with Crippen molar-refractivity contribution in [2.45, 2.75) is 25.8 Å². The van der Waals surface area contributed by atoms with E-state index >= 15 is 0 Å². The van der Waals surface area contributed by atoms with Crippen molar-refractivity contribution in [2.24, 2.45) is 0 Å². The Morgan fingerprint density at radius 2 is 2.00 bits per heavy atom. The first-order valence-corrected chi connectivity index (χ1v) is 7.31. The van der Waals surface area contributed by atoms with Crippen LogP contribution in [-0.2, 0) is 21.5 Å². The van der Waals surface area contributed by atoms with Gasteiger partial charge in [0.2, 0.25) is 5.91 Å². The molecule has 0 fully saturated rings. The molecule has 1 aromatic heterocycles. The number of carboxylic acid groups (broad SMARTS) is 1. The quantitative estimate of drug-likeness (QED) is 0.886. The predicted molar refractivity (Wildman–Crippen MR) is 80.1 cm³/mol. The van der Waals surface area contributed by atoms with Crippen LogP contribution in [0.1, 0.15) is 23.2 Å². The van der Waals surface area contributed by atoms with Crippen LogP contribution in [-0.4, -0.2) is 22.0 Å². The Labute approximate surface area is 126 Å². The van der Waals surface area contributed by atoms with Crippen molar-refractivity contribution in [3.63, 3.8) is 0 Å². The van der Waals surface area contributed by atoms with Crippen molar-refractivity contribution in [1.29, 1.82) is 0 Å². The predicted octanol–water partition coefficient (Wildman–Crippen LogP) is 2.11. The summed E-state index contributed by atoms with van der Waals surface area (Å²) in [4.78, 5) is 27.9. The van der Waals surface area contributed by atoms with Crippen LogP contribution in [0.25, 0.3) is 0 Å². The van der Waals surface area contributed by atoms with Gasteiger partial charge in [-0.15, -0.1) is 11.3 Å². The minimum absolute atomic E-state index is 0.0695. The molecule has 1 atom stereocenters. The average molecular weight is 304 g/mol. The van der Waals surface area contributed by atoms with E-state index < -0.39 is 11.5 Å². The second-order valence-corrected chi connectivity index (χ2v) is 5.94. The number of nitrogens with one attached hydrogen (secondary N) is 1. The topological polar surface area (TPSA) is 79.3 Å². The van der Waals surface area contributed by atoms with E-state index in [1.807, 2.05) is 6.92 Å². The monoisotopic (exact) mass is 304 g/mol. The fourth-order valence-corrected chi connectivity index (χ4v) is 2.61. The third-order valence-electron chi connectivity index (χ3n) is 3.18. The van der Waals surface area contributed by atoms with Crippen LogP contribution in [0.4, 0.5) is 0 Å². The van der Waals surface area contributed by atoms with Crippen molar-refractivity contribution in [3.8, 4) is 0 Å². The summed E-state index contributed by atoms with van der Waals surface area (Å²) >= 11 is 1.46. The summed E-state index contributed by atoms with van der Waals surface area (Å²) in [6.45, 7) is 3.34. The van der Waals surface area contributed by atoms with Gasteiger partial charge in [-0.2, -0.15) is 0 Å². The van der Waals surface area contributed by atoms with E-state index in [-0.39, 0.29) is 12.3 Å². The van der Waals surface area contributed by atoms with E-state index in [0.29, 0.717) is 11.3 Å². The first kappa shape index (κ1) is 15.2. The molecule has 0 saturated heterocycles. The highest BCUT2D eigenvalue weighted by atomic mass is 32.1. The summed E-state index contributed by atoms with van der Waals surface area (Å²) < 4.78 is 0. The summed E-state index contributed by atoms with van der Waals surface area (Å²) in [5, 5.41) is 14.7. The number of nitrogens with zero attached hydrogens (tertiary/aromatic N) is 1. The molecular formula is C15H16N2O3S. The minimum Gasteiger partial charge on any atom is -0.479 e. The van der Waals surface area contributed by atoms with E-state index in [9.17, 15) is 14.7 Å². The molecule has 0 bridgehead atoms. The number of aryl methyl sites for hydroxylation is 1. The number of carboxylic acids is 1. The zero-order chi connectivity index (χ0) is 15.5. The lowest BCUT2D eigenvalue weighted by molar-refractivity contribution is -0.147. The number of thiazole rings is 1. The maximum absolute atomic E-state index is 12.1. The molecule has 2 rings (SSSR count). The molecule has 5 nitrogen and oxygen atoms in total. The lowest BCUT2D eigenvalue weighted by Gasteiger charge is -2.26. The number of hydrogen-bond acceptors (Lipinski definition) is 4. The van der Waals surface area contributed by atoms with Gasteiger partial charge in [0, 0.05) is 5.38 Å². The Morgan fingerprint density at radius 1 is 1.33 bits per heavy atom. The molecule has 0 radical (unpaired) electrons. The lowest BCUT2D eigenvalue weighted by atomic mass is 9.92. The van der Waals surface area contributed by atoms with Crippen LogP contribution >= 0.6 is 11.3 Å². The third kappa shape index (κ3) is 3.46. The van der Waals surface area contributed by atoms with Crippen molar-refractivity contribution in [2.75, 3.05) is 0 Å². The van der Waals surface area contributed by atoms with Crippen molar-refractivity contribution in [3.05, 3.63) is 52.0 Å². The Bertz CT molecular complexity index is 654. The molecule has 21 heavy (non-hydrogen) atoms. The molecule has 0 spiro atoms. The van der Waals surface area contributed by atoms with Gasteiger partial charge in [-0.3, -0.25) is 4.79 Å². The first-order valence-electron chi connectivity index (χ1n) is 6.43. The van der Waals surface area contributed by atoms with Crippen molar-refractivity contribution < 1.29 is 14.7 Å². The molecule has 0 aliphatic carbocycles. The van der Waals surface area contributed by atoms with Crippen LogP contribution in [0.2, 0.25) is 0 Å². The number of rotatable bonds is 5. The highest BCUT2D eigenvalue weighted by Gasteiger charge is 2.36. The zero-order valence-corrected chi connectivity index (χ0v) is 12.6. The Kier molecular flexibility index (Phi) is 4.37. The Hall–Kier alpha value is -2.21. The number of aliphatic carboxylic acids is 1. The second-order valence-electron chi connectivity index (χ2n) is 4.88. The summed E-state index contributed by atoms with van der Waals surface area (Å²) in [7, 11) is 0. The minimum atomic E-state index is -1.45. The highest BCUT2D eigenvalue weighted by molar-refractivity contribution is 7.09. The van der Waals surface area contributed by atoms with Crippen LogP contribution in [0.3, 0.4) is 0 Å². The zero-order valence-electron chi connectivity index (χ0n) is 11.8. The molecule has 1 heterocycles. The standard InChI is InChI=1S/C15H16N2O3S/c1-10-16-12(9-21-10)8-13(18)17-15(2,14(19)20)11-6-4-3-5-7-11/h3-7,9H,8H2,1-2H3,(H,17,18)(H,19,20). The van der Waals surface area contributed by atoms with Crippen LogP contribution < -0.4 is 5.32 Å². The van der Waals surface area contributed by atoms with E-state index in [0.717, 1.165) is 5.01 Å². The molecule has 2 N–H and O–H groups in total. The Balaban J connectivity index is 2.17. The maximum Gasteiger partial charge on any atom is 0.333 e. The van der Waals surface area contributed by atoms with Gasteiger partial charge in [0.1, 0.15) is 0 Å². The Morgan fingerprint density at radius 3 is 2.52 bits per heavy atom. The van der Waals surface area contributed by atoms with Gasteiger partial charge in [-0.05, 0) is 19.4 Å². The van der Waals surface area contributed by atoms with E-state index in [4.69, 9.17) is 0 Å². The summed E-state index contributed by atoms with van der Waals surface area (Å²) in [6.07, 6.45) is 0.0695. The molecule has 6 heteroatoms. The molecule has 0 saturated carbocycles. The van der Waals surface area contributed by atoms with Crippen LogP contribution in [0.15, 0.2) is 35.7 Å². The molecule has 110 valence electrons. The number of aromatic nitrogens is 1. The van der Waals surface area contributed by atoms with Gasteiger partial charge in [-0.1, -0.05) is 30.3 Å². The number of hydrogen-bond donors (Lipinski definition) is 2. The summed E-state index contributed by atoms with van der Waals surface area (Å²) in [5.41, 5.74) is -0.278. The number of benzene rings is 1. The lowest BCUT2D eigenvalue weighted by Crippen LogP contribution is -2.50. The van der Waals surface area contributed by atoms with Crippen molar-refractivity contribution in [1.82, 2.24) is 10.3 Å². The van der Waals surface area contributed by atoms with E-state index in [1.165, 1.54) is 18.3 Å². The second kappa shape index (κ2) is 6.05. The number of amides is 1. The molecule has 0 aliphatic heterocycles. The van der Waals surface area contributed by atoms with Crippen LogP contribution in [0.5, 0.6) is 0 Å². The van der Waals surface area contributed by atoms with Gasteiger partial charge in [-0.25, -0.2) is 9.78 Å². The van der Waals surface area contributed by atoms with Gasteiger partial charge >= 0.3 is 5.97 Å². The molecule has 0 aliphatic rings. The molecular weight excluding hydrogens is 288 g/mol. The number of carbonyl (C=O) groups excluding carboxylic acids is 1. The third-order valence-corrected chi connectivity index (χ3v) is 4.00. The van der Waals surface area contributed by atoms with Gasteiger partial charge < -0.3 is 10.4 Å². The number of carbonyl (C=O) groups is 2. The first-order chi connectivity index (χ1) is 9.91. The fraction of sp³-hybridized carbons (Fsp3) is 0.267. The molecule has 2 aromatic rings. The van der Waals surface area contributed by atoms with E-state index in [1.54, 1.807) is 35.7 Å². The molecule has 1 unspecified atom stereocenters. The maximum atomic E-state index is 12.1. The fourth-order valence-electron chi connectivity index (χ4n) is 2.00. The van der Waals surface area contributed by atoms with Gasteiger partial charge in [0.15, 0.2) is 5.54 Å². The molecule has 1 aromatic carbocycles. The summed E-state index contributed by atoms with van der Waals surface area (Å²) in [5.74, 6) is -1.47. The normalized spacial score (nSPS) is 13.4.